The van der Waals surface area contributed by atoms with Gasteiger partial charge in [0.15, 0.2) is 9.84 Å². The van der Waals surface area contributed by atoms with E-state index in [0.717, 1.165) is 58.9 Å². The molecule has 3 aromatic heterocycles. The molecule has 244 valence electrons. The van der Waals surface area contributed by atoms with Crippen molar-refractivity contribution in [2.75, 3.05) is 22.9 Å². The van der Waals surface area contributed by atoms with Crippen molar-refractivity contribution in [3.63, 3.8) is 0 Å². The van der Waals surface area contributed by atoms with Gasteiger partial charge in [-0.25, -0.2) is 22.8 Å². The van der Waals surface area contributed by atoms with E-state index < -0.39 is 39.8 Å². The van der Waals surface area contributed by atoms with Crippen molar-refractivity contribution in [2.45, 2.75) is 87.4 Å². The Morgan fingerprint density at radius 1 is 1.00 bits per heavy atom. The lowest BCUT2D eigenvalue weighted by molar-refractivity contribution is 0.0216. The largest absolute Gasteiger partial charge is 0.390 e. The van der Waals surface area contributed by atoms with Crippen LogP contribution in [0.2, 0.25) is 0 Å². The number of aromatic nitrogens is 4. The number of aliphatic hydroxyl groups is 2. The van der Waals surface area contributed by atoms with Gasteiger partial charge in [-0.2, -0.15) is 4.98 Å². The van der Waals surface area contributed by atoms with E-state index in [9.17, 15) is 23.0 Å². The molecular formula is C33H39FN6O4S2. The average Bonchev–Trinajstić information content (AvgIpc) is 3.45. The van der Waals surface area contributed by atoms with Crippen LogP contribution in [0.1, 0.15) is 68.7 Å². The highest BCUT2D eigenvalue weighted by Gasteiger charge is 2.44. The molecule has 3 aliphatic carbocycles. The van der Waals surface area contributed by atoms with E-state index in [1.165, 1.54) is 49.2 Å². The predicted molar refractivity (Wildman–Crippen MR) is 176 cm³/mol. The highest BCUT2D eigenvalue weighted by molar-refractivity contribution is 7.91. The molecule has 0 bridgehead atoms. The first kappa shape index (κ1) is 31.3. The second-order valence-corrected chi connectivity index (χ2v) is 16.1. The molecule has 0 radical (unpaired) electrons. The SMILES string of the molecule is Cc1nc(NCCC2CCCC2)nc(N[C@@H]2C[C@H](CS(=O)(=O)c3ccc(F)cc3)[C@@H](O)[C@H]2O)c1-c1nc2c(C3CC3)nccc2s1. The Kier molecular flexibility index (Phi) is 8.68. The number of nitrogens with zero attached hydrogens (tertiary/aromatic N) is 4. The first-order valence-electron chi connectivity index (χ1n) is 16.2. The molecule has 3 aliphatic rings. The molecule has 4 atom stereocenters. The van der Waals surface area contributed by atoms with Gasteiger partial charge in [0.05, 0.1) is 44.4 Å². The number of pyridine rings is 1. The molecule has 3 saturated carbocycles. The van der Waals surface area contributed by atoms with Crippen LogP contribution in [0.15, 0.2) is 41.4 Å². The number of aliphatic hydroxyl groups excluding tert-OH is 2. The maximum Gasteiger partial charge on any atom is 0.224 e. The molecule has 3 heterocycles. The van der Waals surface area contributed by atoms with Crippen LogP contribution in [0.5, 0.6) is 0 Å². The number of thiazole rings is 1. The zero-order valence-corrected chi connectivity index (χ0v) is 27.3. The number of halogens is 1. The summed E-state index contributed by atoms with van der Waals surface area (Å²) in [5.74, 6) is 0.413. The smallest absolute Gasteiger partial charge is 0.224 e. The van der Waals surface area contributed by atoms with Gasteiger partial charge >= 0.3 is 0 Å². The Morgan fingerprint density at radius 3 is 2.50 bits per heavy atom. The normalized spacial score (nSPS) is 23.7. The van der Waals surface area contributed by atoms with Crippen LogP contribution in [-0.4, -0.2) is 69.1 Å². The van der Waals surface area contributed by atoms with E-state index in [2.05, 4.69) is 15.6 Å². The van der Waals surface area contributed by atoms with Crippen molar-refractivity contribution in [3.05, 3.63) is 53.7 Å². The van der Waals surface area contributed by atoms with Crippen molar-refractivity contribution in [1.82, 2.24) is 19.9 Å². The fourth-order valence-corrected chi connectivity index (χ4v) is 9.67. The number of benzene rings is 1. The fourth-order valence-electron chi connectivity index (χ4n) is 6.97. The maximum atomic E-state index is 13.4. The average molecular weight is 667 g/mol. The van der Waals surface area contributed by atoms with Gasteiger partial charge in [0.1, 0.15) is 28.3 Å². The third-order valence-corrected chi connectivity index (χ3v) is 12.5. The van der Waals surface area contributed by atoms with Gasteiger partial charge in [0, 0.05) is 24.6 Å². The second-order valence-electron chi connectivity index (χ2n) is 13.0. The lowest BCUT2D eigenvalue weighted by Crippen LogP contribution is -2.36. The van der Waals surface area contributed by atoms with Crippen LogP contribution in [-0.2, 0) is 9.84 Å². The molecule has 7 rings (SSSR count). The number of hydrogen-bond acceptors (Lipinski definition) is 11. The topological polar surface area (TPSA) is 150 Å². The maximum absolute atomic E-state index is 13.4. The lowest BCUT2D eigenvalue weighted by atomic mass is 10.0. The first-order chi connectivity index (χ1) is 22.2. The minimum Gasteiger partial charge on any atom is -0.390 e. The van der Waals surface area contributed by atoms with Crippen molar-refractivity contribution in [3.8, 4) is 10.6 Å². The van der Waals surface area contributed by atoms with Gasteiger partial charge < -0.3 is 20.8 Å². The van der Waals surface area contributed by atoms with E-state index >= 15 is 0 Å². The summed E-state index contributed by atoms with van der Waals surface area (Å²) in [7, 11) is -3.83. The van der Waals surface area contributed by atoms with E-state index in [0.29, 0.717) is 34.9 Å². The molecule has 4 aromatic rings. The van der Waals surface area contributed by atoms with Crippen molar-refractivity contribution >= 4 is 43.2 Å². The third kappa shape index (κ3) is 6.47. The first-order valence-corrected chi connectivity index (χ1v) is 18.6. The molecule has 46 heavy (non-hydrogen) atoms. The molecule has 13 heteroatoms. The Morgan fingerprint density at radius 2 is 1.76 bits per heavy atom. The van der Waals surface area contributed by atoms with Crippen LogP contribution in [0.25, 0.3) is 20.8 Å². The molecule has 0 amide bonds. The standard InChI is InChI=1S/C33H39FN6O4S2/c1-18-26(32-39-28-25(45-32)13-15-35-27(28)20-6-7-20)31(40-33(37-18)36-14-12-19-4-2-3-5-19)38-24-16-21(29(41)30(24)42)17-46(43,44)23-10-8-22(34)9-11-23/h8-11,13,15,19-21,24,29-30,41-42H,2-7,12,14,16-17H2,1H3,(H2,36,37,38,40)/t21-,24-,29-,30+/m1/s1. The summed E-state index contributed by atoms with van der Waals surface area (Å²) in [6.45, 7) is 2.66. The van der Waals surface area contributed by atoms with Crippen LogP contribution in [0, 0.1) is 24.6 Å². The van der Waals surface area contributed by atoms with Gasteiger partial charge in [-0.05, 0) is 68.9 Å². The number of hydrogen-bond donors (Lipinski definition) is 4. The van der Waals surface area contributed by atoms with Crippen LogP contribution >= 0.6 is 11.3 Å². The fraction of sp³-hybridized carbons (Fsp3) is 0.515. The van der Waals surface area contributed by atoms with E-state index in [1.54, 1.807) is 0 Å². The van der Waals surface area contributed by atoms with Gasteiger partial charge in [0.25, 0.3) is 0 Å². The zero-order chi connectivity index (χ0) is 32.0. The van der Waals surface area contributed by atoms with Crippen LogP contribution < -0.4 is 10.6 Å². The Hall–Kier alpha value is -3.26. The summed E-state index contributed by atoms with van der Waals surface area (Å²) in [5, 5.41) is 29.6. The highest BCUT2D eigenvalue weighted by atomic mass is 32.2. The van der Waals surface area contributed by atoms with E-state index in [4.69, 9.17) is 15.0 Å². The summed E-state index contributed by atoms with van der Waals surface area (Å²) in [6, 6.07) is 5.92. The minimum absolute atomic E-state index is 0.0232. The summed E-state index contributed by atoms with van der Waals surface area (Å²) in [5.41, 5.74) is 3.31. The number of aryl methyl sites for hydroxylation is 1. The molecule has 0 aliphatic heterocycles. The van der Waals surface area contributed by atoms with Crippen molar-refractivity contribution in [1.29, 1.82) is 0 Å². The number of fused-ring (bicyclic) bond motifs is 1. The predicted octanol–water partition coefficient (Wildman–Crippen LogP) is 5.46. The third-order valence-electron chi connectivity index (χ3n) is 9.64. The van der Waals surface area contributed by atoms with Crippen LogP contribution in [0.4, 0.5) is 16.2 Å². The Balaban J connectivity index is 1.17. The molecule has 10 nitrogen and oxygen atoms in total. The van der Waals surface area contributed by atoms with Gasteiger partial charge in [0.2, 0.25) is 5.95 Å². The molecule has 0 spiro atoms. The van der Waals surface area contributed by atoms with E-state index in [1.807, 2.05) is 19.2 Å². The van der Waals surface area contributed by atoms with Crippen molar-refractivity contribution in [2.24, 2.45) is 11.8 Å². The summed E-state index contributed by atoms with van der Waals surface area (Å²) < 4.78 is 40.7. The quantitative estimate of drug-likeness (QED) is 0.152. The number of anilines is 2. The van der Waals surface area contributed by atoms with Gasteiger partial charge in [-0.3, -0.25) is 4.98 Å². The second kappa shape index (κ2) is 12.7. The van der Waals surface area contributed by atoms with Crippen molar-refractivity contribution < 1.29 is 23.0 Å². The molecule has 3 fully saturated rings. The van der Waals surface area contributed by atoms with Crippen LogP contribution in [0.3, 0.4) is 0 Å². The summed E-state index contributed by atoms with van der Waals surface area (Å²) in [6.07, 6.45) is 7.82. The molecule has 0 unspecified atom stereocenters. The lowest BCUT2D eigenvalue weighted by Gasteiger charge is -2.21. The Bertz CT molecular complexity index is 1830. The number of sulfone groups is 1. The number of nitrogens with one attached hydrogen (secondary N) is 2. The Labute approximate surface area is 271 Å². The summed E-state index contributed by atoms with van der Waals surface area (Å²) >= 11 is 1.54. The monoisotopic (exact) mass is 666 g/mol. The molecule has 0 saturated heterocycles. The highest BCUT2D eigenvalue weighted by Crippen LogP contribution is 2.45. The molecule has 4 N–H and O–H groups in total. The zero-order valence-electron chi connectivity index (χ0n) is 25.7. The van der Waals surface area contributed by atoms with Gasteiger partial charge in [-0.15, -0.1) is 11.3 Å². The van der Waals surface area contributed by atoms with E-state index in [-0.39, 0.29) is 17.1 Å². The summed E-state index contributed by atoms with van der Waals surface area (Å²) in [4.78, 5) is 19.3. The molecular weight excluding hydrogens is 628 g/mol. The van der Waals surface area contributed by atoms with Gasteiger partial charge in [-0.1, -0.05) is 25.7 Å². The number of rotatable bonds is 11. The minimum atomic E-state index is -3.83. The molecule has 1 aromatic carbocycles.